The molecule has 1 aliphatic heterocycles. The summed E-state index contributed by atoms with van der Waals surface area (Å²) in [5, 5.41) is 3.94. The van der Waals surface area contributed by atoms with Crippen LogP contribution in [0, 0.1) is 5.92 Å². The lowest BCUT2D eigenvalue weighted by molar-refractivity contribution is 0.103. The zero-order valence-electron chi connectivity index (χ0n) is 9.85. The molecule has 2 rings (SSSR count). The first-order valence-electron chi connectivity index (χ1n) is 5.87. The Labute approximate surface area is 95.3 Å². The molecular weight excluding hydrogens is 206 g/mol. The summed E-state index contributed by atoms with van der Waals surface area (Å²) in [6.45, 7) is 5.03. The van der Waals surface area contributed by atoms with Crippen molar-refractivity contribution in [3.63, 3.8) is 0 Å². The van der Waals surface area contributed by atoms with Crippen LogP contribution in [0.1, 0.15) is 57.0 Å². The molecule has 1 aromatic heterocycles. The van der Waals surface area contributed by atoms with Crippen molar-refractivity contribution in [2.45, 2.75) is 45.3 Å². The van der Waals surface area contributed by atoms with Gasteiger partial charge in [0.15, 0.2) is 0 Å². The van der Waals surface area contributed by atoms with E-state index in [1.54, 1.807) is 0 Å². The molecule has 90 valence electrons. The van der Waals surface area contributed by atoms with E-state index in [1.165, 1.54) is 0 Å². The van der Waals surface area contributed by atoms with Gasteiger partial charge in [-0.1, -0.05) is 19.0 Å². The van der Waals surface area contributed by atoms with Gasteiger partial charge in [-0.3, -0.25) is 0 Å². The predicted molar refractivity (Wildman–Crippen MR) is 58.6 cm³/mol. The average molecular weight is 225 g/mol. The third-order valence-corrected chi connectivity index (χ3v) is 2.72. The van der Waals surface area contributed by atoms with E-state index in [-0.39, 0.29) is 12.1 Å². The lowest BCUT2D eigenvalue weighted by Gasteiger charge is -2.08. The highest BCUT2D eigenvalue weighted by Gasteiger charge is 2.24. The molecule has 0 aromatic carbocycles. The van der Waals surface area contributed by atoms with Crippen LogP contribution >= 0.6 is 0 Å². The Kier molecular flexibility index (Phi) is 3.56. The largest absolute Gasteiger partial charge is 0.370 e. The Hall–Kier alpha value is -0.940. The van der Waals surface area contributed by atoms with Crippen molar-refractivity contribution in [3.8, 4) is 0 Å². The van der Waals surface area contributed by atoms with Crippen LogP contribution in [-0.4, -0.2) is 16.7 Å². The van der Waals surface area contributed by atoms with Gasteiger partial charge in [-0.2, -0.15) is 4.98 Å². The van der Waals surface area contributed by atoms with Gasteiger partial charge in [0.25, 0.3) is 0 Å². The molecule has 0 saturated carbocycles. The summed E-state index contributed by atoms with van der Waals surface area (Å²) in [7, 11) is 0. The molecule has 0 spiro atoms. The Bertz CT molecular complexity index is 332. The van der Waals surface area contributed by atoms with Gasteiger partial charge < -0.3 is 15.0 Å². The van der Waals surface area contributed by atoms with Crippen molar-refractivity contribution in [3.05, 3.63) is 11.7 Å². The van der Waals surface area contributed by atoms with Gasteiger partial charge in [0.05, 0.1) is 6.04 Å². The molecule has 0 radical (unpaired) electrons. The average Bonchev–Trinajstić information content (AvgIpc) is 2.87. The fourth-order valence-corrected chi connectivity index (χ4v) is 1.92. The van der Waals surface area contributed by atoms with Gasteiger partial charge in [0, 0.05) is 6.61 Å². The van der Waals surface area contributed by atoms with Crippen LogP contribution in [0.3, 0.4) is 0 Å². The Morgan fingerprint density at radius 3 is 2.94 bits per heavy atom. The predicted octanol–water partition coefficient (Wildman–Crippen LogP) is 1.97. The summed E-state index contributed by atoms with van der Waals surface area (Å²) in [5.74, 6) is 1.69. The second-order valence-electron chi connectivity index (χ2n) is 4.73. The van der Waals surface area contributed by atoms with Gasteiger partial charge in [0.1, 0.15) is 6.10 Å². The maximum Gasteiger partial charge on any atom is 0.243 e. The molecule has 16 heavy (non-hydrogen) atoms. The molecule has 1 aliphatic rings. The number of nitrogens with zero attached hydrogens (tertiary/aromatic N) is 2. The van der Waals surface area contributed by atoms with E-state index in [1.807, 2.05) is 0 Å². The van der Waals surface area contributed by atoms with Gasteiger partial charge in [0.2, 0.25) is 11.7 Å². The summed E-state index contributed by atoms with van der Waals surface area (Å²) in [5.41, 5.74) is 5.97. The van der Waals surface area contributed by atoms with Gasteiger partial charge in [-0.05, 0) is 25.2 Å². The second kappa shape index (κ2) is 4.93. The number of hydrogen-bond acceptors (Lipinski definition) is 5. The van der Waals surface area contributed by atoms with Crippen molar-refractivity contribution in [2.75, 3.05) is 6.61 Å². The lowest BCUT2D eigenvalue weighted by Crippen LogP contribution is -2.13. The second-order valence-corrected chi connectivity index (χ2v) is 4.73. The topological polar surface area (TPSA) is 74.2 Å². The van der Waals surface area contributed by atoms with Gasteiger partial charge in [-0.25, -0.2) is 0 Å². The highest BCUT2D eigenvalue weighted by atomic mass is 16.5. The standard InChI is InChI=1S/C11H19N3O2/c1-7(2)6-8(12)11-13-10(14-16-11)9-4-3-5-15-9/h7-9H,3-6,12H2,1-2H3/t8-,9?/m1/s1. The summed E-state index contributed by atoms with van der Waals surface area (Å²) >= 11 is 0. The molecule has 1 fully saturated rings. The molecular formula is C11H19N3O2. The fourth-order valence-electron chi connectivity index (χ4n) is 1.92. The number of nitrogens with two attached hydrogens (primary N) is 1. The van der Waals surface area contributed by atoms with E-state index in [9.17, 15) is 0 Å². The maximum absolute atomic E-state index is 5.97. The van der Waals surface area contributed by atoms with Crippen molar-refractivity contribution < 1.29 is 9.26 Å². The van der Waals surface area contributed by atoms with E-state index in [0.717, 1.165) is 25.9 Å². The molecule has 2 atom stereocenters. The first-order chi connectivity index (χ1) is 7.66. The Morgan fingerprint density at radius 2 is 2.31 bits per heavy atom. The SMILES string of the molecule is CC(C)C[C@@H](N)c1nc(C2CCCO2)no1. The fraction of sp³-hybridized carbons (Fsp3) is 0.818. The van der Waals surface area contributed by atoms with E-state index < -0.39 is 0 Å². The van der Waals surface area contributed by atoms with Crippen molar-refractivity contribution in [1.82, 2.24) is 10.1 Å². The first-order valence-corrected chi connectivity index (χ1v) is 5.87. The molecule has 5 nitrogen and oxygen atoms in total. The zero-order chi connectivity index (χ0) is 11.5. The van der Waals surface area contributed by atoms with Crippen LogP contribution in [0.2, 0.25) is 0 Å². The van der Waals surface area contributed by atoms with Crippen LogP contribution in [0.4, 0.5) is 0 Å². The molecule has 1 unspecified atom stereocenters. The maximum atomic E-state index is 5.97. The van der Waals surface area contributed by atoms with Crippen molar-refractivity contribution in [2.24, 2.45) is 11.7 Å². The summed E-state index contributed by atoms with van der Waals surface area (Å²) in [6.07, 6.45) is 2.89. The highest BCUT2D eigenvalue weighted by Crippen LogP contribution is 2.27. The van der Waals surface area contributed by atoms with Crippen LogP contribution in [-0.2, 0) is 4.74 Å². The highest BCUT2D eigenvalue weighted by molar-refractivity contribution is 4.96. The summed E-state index contributed by atoms with van der Waals surface area (Å²) < 4.78 is 10.7. The molecule has 1 saturated heterocycles. The smallest absolute Gasteiger partial charge is 0.243 e. The molecule has 0 aliphatic carbocycles. The minimum absolute atomic E-state index is 0.00347. The monoisotopic (exact) mass is 225 g/mol. The summed E-state index contributed by atoms with van der Waals surface area (Å²) in [6, 6.07) is -0.164. The van der Waals surface area contributed by atoms with Crippen LogP contribution < -0.4 is 5.73 Å². The molecule has 2 N–H and O–H groups in total. The van der Waals surface area contributed by atoms with Crippen LogP contribution in [0.5, 0.6) is 0 Å². The molecule has 0 bridgehead atoms. The normalized spacial score (nSPS) is 22.9. The molecule has 5 heteroatoms. The Balaban J connectivity index is 2.00. The summed E-state index contributed by atoms with van der Waals surface area (Å²) in [4.78, 5) is 4.32. The van der Waals surface area contributed by atoms with Gasteiger partial charge in [-0.15, -0.1) is 0 Å². The van der Waals surface area contributed by atoms with E-state index in [0.29, 0.717) is 17.6 Å². The van der Waals surface area contributed by atoms with Crippen molar-refractivity contribution in [1.29, 1.82) is 0 Å². The third-order valence-electron chi connectivity index (χ3n) is 2.72. The first kappa shape index (κ1) is 11.5. The van der Waals surface area contributed by atoms with Crippen LogP contribution in [0.15, 0.2) is 4.52 Å². The minimum atomic E-state index is -0.164. The van der Waals surface area contributed by atoms with E-state index in [4.69, 9.17) is 15.0 Å². The number of hydrogen-bond donors (Lipinski definition) is 1. The molecule has 1 aromatic rings. The lowest BCUT2D eigenvalue weighted by atomic mass is 10.0. The van der Waals surface area contributed by atoms with Gasteiger partial charge >= 0.3 is 0 Å². The van der Waals surface area contributed by atoms with Crippen LogP contribution in [0.25, 0.3) is 0 Å². The van der Waals surface area contributed by atoms with E-state index >= 15 is 0 Å². The number of ether oxygens (including phenoxy) is 1. The number of aromatic nitrogens is 2. The number of rotatable bonds is 4. The Morgan fingerprint density at radius 1 is 1.50 bits per heavy atom. The molecule has 2 heterocycles. The van der Waals surface area contributed by atoms with Crippen molar-refractivity contribution >= 4 is 0 Å². The minimum Gasteiger partial charge on any atom is -0.370 e. The van der Waals surface area contributed by atoms with E-state index in [2.05, 4.69) is 24.0 Å². The quantitative estimate of drug-likeness (QED) is 0.847. The third kappa shape index (κ3) is 2.59. The molecule has 0 amide bonds. The zero-order valence-corrected chi connectivity index (χ0v) is 9.85.